The Kier molecular flexibility index (Phi) is 5.85. The molecule has 0 saturated carbocycles. The number of benzene rings is 1. The molecule has 4 nitrogen and oxygen atoms in total. The third-order valence-corrected chi connectivity index (χ3v) is 6.01. The number of fused-ring (bicyclic) bond motifs is 1. The van der Waals surface area contributed by atoms with Gasteiger partial charge in [0.05, 0.1) is 16.8 Å². The second-order valence-corrected chi connectivity index (χ2v) is 7.97. The van der Waals surface area contributed by atoms with E-state index in [-0.39, 0.29) is 11.9 Å². The summed E-state index contributed by atoms with van der Waals surface area (Å²) in [6, 6.07) is 8.96. The van der Waals surface area contributed by atoms with Gasteiger partial charge in [-0.1, -0.05) is 25.5 Å². The summed E-state index contributed by atoms with van der Waals surface area (Å²) >= 11 is 1.79. The number of likely N-dealkylation sites (tertiary alicyclic amines) is 1. The number of piperidine rings is 1. The van der Waals surface area contributed by atoms with Crippen molar-refractivity contribution in [3.05, 3.63) is 29.3 Å². The van der Waals surface area contributed by atoms with Crippen molar-refractivity contribution in [1.29, 1.82) is 0 Å². The minimum Gasteiger partial charge on any atom is -0.349 e. The molecule has 1 fully saturated rings. The second-order valence-electron chi connectivity index (χ2n) is 6.91. The van der Waals surface area contributed by atoms with Gasteiger partial charge in [0, 0.05) is 12.5 Å². The SMILES string of the molecule is CCC[C@H](C)NC(=O)C[NH+]1CCCC[C@@H]1c1nc2ccccc2s1. The fraction of sp³-hybridized carbons (Fsp3) is 0.579. The maximum absolute atomic E-state index is 12.4. The lowest BCUT2D eigenvalue weighted by molar-refractivity contribution is -0.929. The Morgan fingerprint density at radius 3 is 3.04 bits per heavy atom. The van der Waals surface area contributed by atoms with Gasteiger partial charge >= 0.3 is 0 Å². The zero-order valence-electron chi connectivity index (χ0n) is 14.7. The third kappa shape index (κ3) is 4.14. The minimum atomic E-state index is 0.180. The molecule has 0 aliphatic carbocycles. The summed E-state index contributed by atoms with van der Waals surface area (Å²) in [5, 5.41) is 4.34. The molecule has 1 aliphatic heterocycles. The molecule has 3 atom stereocenters. The summed E-state index contributed by atoms with van der Waals surface area (Å²) in [5.41, 5.74) is 1.09. The van der Waals surface area contributed by atoms with Gasteiger partial charge in [0.2, 0.25) is 0 Å². The van der Waals surface area contributed by atoms with E-state index in [1.54, 1.807) is 11.3 Å². The Morgan fingerprint density at radius 1 is 1.42 bits per heavy atom. The summed E-state index contributed by atoms with van der Waals surface area (Å²) < 4.78 is 1.25. The van der Waals surface area contributed by atoms with E-state index in [9.17, 15) is 4.79 Å². The van der Waals surface area contributed by atoms with Gasteiger partial charge < -0.3 is 10.2 Å². The molecular weight excluding hydrogens is 318 g/mol. The number of carbonyl (C=O) groups excluding carboxylic acids is 1. The van der Waals surface area contributed by atoms with Gasteiger partial charge in [0.25, 0.3) is 5.91 Å². The van der Waals surface area contributed by atoms with Crippen LogP contribution in [0.1, 0.15) is 57.0 Å². The first kappa shape index (κ1) is 17.4. The van der Waals surface area contributed by atoms with Crippen molar-refractivity contribution in [1.82, 2.24) is 10.3 Å². The number of carbonyl (C=O) groups is 1. The van der Waals surface area contributed by atoms with Gasteiger partial charge in [-0.15, -0.1) is 11.3 Å². The summed E-state index contributed by atoms with van der Waals surface area (Å²) in [6.07, 6.45) is 5.72. The smallest absolute Gasteiger partial charge is 0.275 e. The maximum Gasteiger partial charge on any atom is 0.275 e. The predicted octanol–water partition coefficient (Wildman–Crippen LogP) is 2.71. The average Bonchev–Trinajstić information content (AvgIpc) is 2.99. The first-order valence-electron chi connectivity index (χ1n) is 9.16. The highest BCUT2D eigenvalue weighted by Gasteiger charge is 2.32. The average molecular weight is 347 g/mol. The number of quaternary nitrogens is 1. The summed E-state index contributed by atoms with van der Waals surface area (Å²) in [5.74, 6) is 0.180. The van der Waals surface area contributed by atoms with Crippen LogP contribution < -0.4 is 10.2 Å². The van der Waals surface area contributed by atoms with Gasteiger partial charge in [0.15, 0.2) is 11.6 Å². The molecule has 1 aliphatic rings. The normalized spacial score (nSPS) is 22.4. The molecular formula is C19H28N3OS+. The van der Waals surface area contributed by atoms with Crippen molar-refractivity contribution in [2.45, 2.75) is 58.0 Å². The number of aromatic nitrogens is 1. The fourth-order valence-corrected chi connectivity index (χ4v) is 4.83. The van der Waals surface area contributed by atoms with Crippen molar-refractivity contribution >= 4 is 27.5 Å². The fourth-order valence-electron chi connectivity index (χ4n) is 3.66. The van der Waals surface area contributed by atoms with Gasteiger partial charge in [-0.2, -0.15) is 0 Å². The molecule has 1 amide bonds. The quantitative estimate of drug-likeness (QED) is 0.845. The number of para-hydroxylation sites is 1. The van der Waals surface area contributed by atoms with Crippen LogP contribution in [-0.4, -0.2) is 30.0 Å². The largest absolute Gasteiger partial charge is 0.349 e. The molecule has 0 radical (unpaired) electrons. The first-order valence-corrected chi connectivity index (χ1v) is 9.98. The van der Waals surface area contributed by atoms with Gasteiger partial charge in [-0.3, -0.25) is 4.79 Å². The molecule has 1 aromatic heterocycles. The highest BCUT2D eigenvalue weighted by molar-refractivity contribution is 7.18. The van der Waals surface area contributed by atoms with Gasteiger partial charge in [-0.05, 0) is 38.3 Å². The van der Waals surface area contributed by atoms with Crippen LogP contribution in [0.15, 0.2) is 24.3 Å². The van der Waals surface area contributed by atoms with Crippen molar-refractivity contribution in [2.75, 3.05) is 13.1 Å². The number of thiazole rings is 1. The van der Waals surface area contributed by atoms with Crippen molar-refractivity contribution in [2.24, 2.45) is 0 Å². The van der Waals surface area contributed by atoms with Gasteiger partial charge in [-0.25, -0.2) is 4.98 Å². The van der Waals surface area contributed by atoms with E-state index < -0.39 is 0 Å². The Morgan fingerprint density at radius 2 is 2.25 bits per heavy atom. The van der Waals surface area contributed by atoms with Gasteiger partial charge in [0.1, 0.15) is 6.04 Å². The summed E-state index contributed by atoms with van der Waals surface area (Å²) in [6.45, 7) is 5.88. The number of nitrogens with zero attached hydrogens (tertiary/aromatic N) is 1. The zero-order chi connectivity index (χ0) is 16.9. The number of nitrogens with one attached hydrogen (secondary N) is 2. The van der Waals surface area contributed by atoms with Crippen LogP contribution in [0.2, 0.25) is 0 Å². The predicted molar refractivity (Wildman–Crippen MR) is 99.4 cm³/mol. The van der Waals surface area contributed by atoms with Crippen LogP contribution in [0.3, 0.4) is 0 Å². The molecule has 1 aromatic carbocycles. The minimum absolute atomic E-state index is 0.180. The summed E-state index contributed by atoms with van der Waals surface area (Å²) in [4.78, 5) is 18.6. The van der Waals surface area contributed by atoms with E-state index in [0.29, 0.717) is 12.6 Å². The highest BCUT2D eigenvalue weighted by Crippen LogP contribution is 2.28. The highest BCUT2D eigenvalue weighted by atomic mass is 32.1. The molecule has 1 unspecified atom stereocenters. The maximum atomic E-state index is 12.4. The number of amides is 1. The van der Waals surface area contributed by atoms with Crippen LogP contribution >= 0.6 is 11.3 Å². The van der Waals surface area contributed by atoms with E-state index in [2.05, 4.69) is 37.4 Å². The standard InChI is InChI=1S/C19H27N3OS/c1-3-8-14(2)20-18(23)13-22-12-7-6-10-16(22)19-21-15-9-4-5-11-17(15)24-19/h4-5,9,11,14,16H,3,6-8,10,12-13H2,1-2H3,(H,20,23)/p+1/t14-,16+/m0/s1. The lowest BCUT2D eigenvalue weighted by Crippen LogP contribution is -3.14. The molecule has 0 bridgehead atoms. The Labute approximate surface area is 148 Å². The number of hydrogen-bond donors (Lipinski definition) is 2. The lowest BCUT2D eigenvalue weighted by atomic mass is 10.0. The molecule has 3 rings (SSSR count). The number of rotatable bonds is 6. The zero-order valence-corrected chi connectivity index (χ0v) is 15.5. The van der Waals surface area contributed by atoms with Crippen LogP contribution in [0, 0.1) is 0 Å². The van der Waals surface area contributed by atoms with E-state index >= 15 is 0 Å². The van der Waals surface area contributed by atoms with E-state index in [4.69, 9.17) is 4.98 Å². The van der Waals surface area contributed by atoms with Crippen LogP contribution in [0.25, 0.3) is 10.2 Å². The van der Waals surface area contributed by atoms with Crippen LogP contribution in [0.5, 0.6) is 0 Å². The Hall–Kier alpha value is -1.46. The molecule has 0 spiro atoms. The number of hydrogen-bond acceptors (Lipinski definition) is 3. The van der Waals surface area contributed by atoms with Crippen molar-refractivity contribution in [3.63, 3.8) is 0 Å². The topological polar surface area (TPSA) is 46.4 Å². The molecule has 2 N–H and O–H groups in total. The van der Waals surface area contributed by atoms with E-state index in [1.807, 2.05) is 6.07 Å². The van der Waals surface area contributed by atoms with Crippen LogP contribution in [-0.2, 0) is 4.79 Å². The third-order valence-electron chi connectivity index (χ3n) is 4.86. The molecule has 24 heavy (non-hydrogen) atoms. The molecule has 2 aromatic rings. The monoisotopic (exact) mass is 346 g/mol. The molecule has 130 valence electrons. The first-order chi connectivity index (χ1) is 11.7. The van der Waals surface area contributed by atoms with Crippen LogP contribution in [0.4, 0.5) is 0 Å². The van der Waals surface area contributed by atoms with Crippen molar-refractivity contribution < 1.29 is 9.69 Å². The molecule has 2 heterocycles. The van der Waals surface area contributed by atoms with E-state index in [0.717, 1.165) is 31.3 Å². The molecule has 5 heteroatoms. The molecule has 1 saturated heterocycles. The second kappa shape index (κ2) is 8.08. The summed E-state index contributed by atoms with van der Waals surface area (Å²) in [7, 11) is 0. The lowest BCUT2D eigenvalue weighted by Gasteiger charge is -2.31. The van der Waals surface area contributed by atoms with E-state index in [1.165, 1.54) is 27.4 Å². The Bertz CT molecular complexity index is 651. The van der Waals surface area contributed by atoms with Crippen molar-refractivity contribution in [3.8, 4) is 0 Å². The Balaban J connectivity index is 1.70.